The minimum atomic E-state index is -0.377. The summed E-state index contributed by atoms with van der Waals surface area (Å²) in [5, 5.41) is 12.2. The van der Waals surface area contributed by atoms with E-state index < -0.39 is 0 Å². The van der Waals surface area contributed by atoms with Crippen molar-refractivity contribution in [3.05, 3.63) is 53.3 Å². The van der Waals surface area contributed by atoms with Crippen LogP contribution in [0.5, 0.6) is 11.5 Å². The molecule has 0 radical (unpaired) electrons. The molecule has 0 saturated heterocycles. The van der Waals surface area contributed by atoms with E-state index in [9.17, 15) is 14.3 Å². The van der Waals surface area contributed by atoms with E-state index in [1.54, 1.807) is 19.1 Å². The van der Waals surface area contributed by atoms with Crippen LogP contribution in [-0.4, -0.2) is 18.1 Å². The van der Waals surface area contributed by atoms with Gasteiger partial charge in [-0.15, -0.1) is 0 Å². The Hall–Kier alpha value is -2.56. The number of rotatable bonds is 3. The Labute approximate surface area is 115 Å². The normalized spacial score (nSPS) is 10.2. The SMILES string of the molecule is COc1ccc(NC(=O)c2ccc(F)c(C)c2)cc1O. The second-order valence-electron chi connectivity index (χ2n) is 4.30. The van der Waals surface area contributed by atoms with Crippen LogP contribution in [0.4, 0.5) is 10.1 Å². The summed E-state index contributed by atoms with van der Waals surface area (Å²) < 4.78 is 18.1. The van der Waals surface area contributed by atoms with Crippen LogP contribution >= 0.6 is 0 Å². The van der Waals surface area contributed by atoms with E-state index >= 15 is 0 Å². The van der Waals surface area contributed by atoms with Crippen molar-refractivity contribution in [1.29, 1.82) is 0 Å². The van der Waals surface area contributed by atoms with Crippen LogP contribution < -0.4 is 10.1 Å². The molecule has 0 spiro atoms. The lowest BCUT2D eigenvalue weighted by Crippen LogP contribution is -2.12. The Morgan fingerprint density at radius 1 is 1.25 bits per heavy atom. The van der Waals surface area contributed by atoms with Crippen molar-refractivity contribution in [3.8, 4) is 11.5 Å². The third-order valence-corrected chi connectivity index (χ3v) is 2.86. The summed E-state index contributed by atoms with van der Waals surface area (Å²) in [5.41, 5.74) is 1.17. The van der Waals surface area contributed by atoms with Crippen molar-refractivity contribution in [3.63, 3.8) is 0 Å². The summed E-state index contributed by atoms with van der Waals surface area (Å²) in [4.78, 5) is 12.0. The third-order valence-electron chi connectivity index (χ3n) is 2.86. The second kappa shape index (κ2) is 5.61. The van der Waals surface area contributed by atoms with Crippen LogP contribution in [0.25, 0.3) is 0 Å². The molecule has 0 atom stereocenters. The average Bonchev–Trinajstić information content (AvgIpc) is 2.42. The number of halogens is 1. The topological polar surface area (TPSA) is 58.6 Å². The molecule has 2 N–H and O–H groups in total. The summed E-state index contributed by atoms with van der Waals surface area (Å²) in [6, 6.07) is 8.64. The number of phenols is 1. The van der Waals surface area contributed by atoms with Gasteiger partial charge in [0.05, 0.1) is 7.11 Å². The van der Waals surface area contributed by atoms with Gasteiger partial charge in [0.1, 0.15) is 5.82 Å². The van der Waals surface area contributed by atoms with Crippen molar-refractivity contribution in [2.75, 3.05) is 12.4 Å². The van der Waals surface area contributed by atoms with E-state index in [0.29, 0.717) is 22.6 Å². The zero-order chi connectivity index (χ0) is 14.7. The first kappa shape index (κ1) is 13.9. The van der Waals surface area contributed by atoms with Gasteiger partial charge in [-0.1, -0.05) is 0 Å². The maximum absolute atomic E-state index is 13.1. The van der Waals surface area contributed by atoms with Crippen molar-refractivity contribution in [2.45, 2.75) is 6.92 Å². The standard InChI is InChI=1S/C15H14FNO3/c1-9-7-10(3-5-12(9)16)15(19)17-11-4-6-14(20-2)13(18)8-11/h3-8,18H,1-2H3,(H,17,19). The monoisotopic (exact) mass is 275 g/mol. The van der Waals surface area contributed by atoms with E-state index in [2.05, 4.69) is 5.32 Å². The van der Waals surface area contributed by atoms with Gasteiger partial charge in [0.15, 0.2) is 11.5 Å². The highest BCUT2D eigenvalue weighted by molar-refractivity contribution is 6.04. The van der Waals surface area contributed by atoms with Gasteiger partial charge in [-0.05, 0) is 42.8 Å². The molecule has 2 rings (SSSR count). The Kier molecular flexibility index (Phi) is 3.89. The zero-order valence-electron chi connectivity index (χ0n) is 11.1. The molecule has 20 heavy (non-hydrogen) atoms. The number of hydrogen-bond acceptors (Lipinski definition) is 3. The maximum atomic E-state index is 13.1. The highest BCUT2D eigenvalue weighted by Gasteiger charge is 2.09. The molecular formula is C15H14FNO3. The number of carbonyl (C=O) groups is 1. The molecule has 0 aliphatic rings. The number of phenolic OH excluding ortho intramolecular Hbond substituents is 1. The first-order valence-corrected chi connectivity index (χ1v) is 5.96. The van der Waals surface area contributed by atoms with Crippen molar-refractivity contribution in [2.24, 2.45) is 0 Å². The summed E-state index contributed by atoms with van der Waals surface area (Å²) in [5.74, 6) is -0.484. The number of nitrogens with one attached hydrogen (secondary N) is 1. The van der Waals surface area contributed by atoms with Crippen LogP contribution in [0.2, 0.25) is 0 Å². The van der Waals surface area contributed by atoms with E-state index in [1.165, 1.54) is 31.4 Å². The number of methoxy groups -OCH3 is 1. The largest absolute Gasteiger partial charge is 0.504 e. The molecule has 104 valence electrons. The number of anilines is 1. The minimum Gasteiger partial charge on any atom is -0.504 e. The molecule has 0 fully saturated rings. The number of benzene rings is 2. The molecule has 0 aliphatic carbocycles. The molecule has 0 aromatic heterocycles. The van der Waals surface area contributed by atoms with E-state index in [-0.39, 0.29) is 17.5 Å². The smallest absolute Gasteiger partial charge is 0.255 e. The Balaban J connectivity index is 2.19. The van der Waals surface area contributed by atoms with Crippen LogP contribution in [0.3, 0.4) is 0 Å². The van der Waals surface area contributed by atoms with Crippen LogP contribution in [0.1, 0.15) is 15.9 Å². The van der Waals surface area contributed by atoms with Crippen molar-refractivity contribution < 1.29 is 19.0 Å². The van der Waals surface area contributed by atoms with Crippen LogP contribution in [0, 0.1) is 12.7 Å². The van der Waals surface area contributed by atoms with Gasteiger partial charge in [-0.2, -0.15) is 0 Å². The van der Waals surface area contributed by atoms with Crippen LogP contribution in [-0.2, 0) is 0 Å². The summed E-state index contributed by atoms with van der Waals surface area (Å²) in [6.07, 6.45) is 0. The minimum absolute atomic E-state index is 0.0689. The maximum Gasteiger partial charge on any atom is 0.255 e. The molecule has 1 amide bonds. The molecule has 4 nitrogen and oxygen atoms in total. The summed E-state index contributed by atoms with van der Waals surface area (Å²) in [7, 11) is 1.44. The molecule has 2 aromatic carbocycles. The van der Waals surface area contributed by atoms with Crippen molar-refractivity contribution in [1.82, 2.24) is 0 Å². The van der Waals surface area contributed by atoms with Gasteiger partial charge < -0.3 is 15.2 Å². The lowest BCUT2D eigenvalue weighted by molar-refractivity contribution is 0.102. The van der Waals surface area contributed by atoms with E-state index in [1.807, 2.05) is 0 Å². The highest BCUT2D eigenvalue weighted by Crippen LogP contribution is 2.28. The Bertz CT molecular complexity index is 656. The molecule has 0 bridgehead atoms. The molecular weight excluding hydrogens is 261 g/mol. The molecule has 0 unspecified atom stereocenters. The summed E-state index contributed by atoms with van der Waals surface area (Å²) in [6.45, 7) is 1.59. The van der Waals surface area contributed by atoms with Gasteiger partial charge in [0.25, 0.3) is 5.91 Å². The lowest BCUT2D eigenvalue weighted by atomic mass is 10.1. The number of aryl methyl sites for hydroxylation is 1. The highest BCUT2D eigenvalue weighted by atomic mass is 19.1. The number of carbonyl (C=O) groups excluding carboxylic acids is 1. The van der Waals surface area contributed by atoms with Gasteiger partial charge in [-0.25, -0.2) is 4.39 Å². The van der Waals surface area contributed by atoms with Gasteiger partial charge in [0, 0.05) is 17.3 Å². The first-order chi connectivity index (χ1) is 9.51. The summed E-state index contributed by atoms with van der Waals surface area (Å²) >= 11 is 0. The number of hydrogen-bond donors (Lipinski definition) is 2. The number of ether oxygens (including phenoxy) is 1. The molecule has 0 heterocycles. The first-order valence-electron chi connectivity index (χ1n) is 5.96. The lowest BCUT2D eigenvalue weighted by Gasteiger charge is -2.08. The Morgan fingerprint density at radius 3 is 2.60 bits per heavy atom. The van der Waals surface area contributed by atoms with Gasteiger partial charge in [-0.3, -0.25) is 4.79 Å². The molecule has 2 aromatic rings. The fourth-order valence-electron chi connectivity index (χ4n) is 1.76. The predicted molar refractivity (Wildman–Crippen MR) is 73.7 cm³/mol. The average molecular weight is 275 g/mol. The van der Waals surface area contributed by atoms with Crippen molar-refractivity contribution >= 4 is 11.6 Å². The molecule has 0 aliphatic heterocycles. The fourth-order valence-corrected chi connectivity index (χ4v) is 1.76. The third kappa shape index (κ3) is 2.88. The van der Waals surface area contributed by atoms with Gasteiger partial charge >= 0.3 is 0 Å². The fraction of sp³-hybridized carbons (Fsp3) is 0.133. The number of aromatic hydroxyl groups is 1. The predicted octanol–water partition coefficient (Wildman–Crippen LogP) is 3.10. The van der Waals surface area contributed by atoms with E-state index in [0.717, 1.165) is 0 Å². The number of amides is 1. The molecule has 5 heteroatoms. The quantitative estimate of drug-likeness (QED) is 0.905. The second-order valence-corrected chi connectivity index (χ2v) is 4.30. The molecule has 0 saturated carbocycles. The van der Waals surface area contributed by atoms with E-state index in [4.69, 9.17) is 4.74 Å². The van der Waals surface area contributed by atoms with Gasteiger partial charge in [0.2, 0.25) is 0 Å². The zero-order valence-corrected chi connectivity index (χ0v) is 11.1. The Morgan fingerprint density at radius 2 is 2.00 bits per heavy atom. The van der Waals surface area contributed by atoms with Crippen LogP contribution in [0.15, 0.2) is 36.4 Å².